The fourth-order valence-corrected chi connectivity index (χ4v) is 6.13. The second-order valence-electron chi connectivity index (χ2n) is 14.4. The molecule has 0 aromatic heterocycles. The van der Waals surface area contributed by atoms with Gasteiger partial charge in [0.15, 0.2) is 0 Å². The van der Waals surface area contributed by atoms with Gasteiger partial charge in [0, 0.05) is 51.2 Å². The second kappa shape index (κ2) is 39.3. The van der Waals surface area contributed by atoms with Gasteiger partial charge in [0.2, 0.25) is 17.7 Å². The lowest BCUT2D eigenvalue weighted by molar-refractivity contribution is -0.132. The van der Waals surface area contributed by atoms with Crippen LogP contribution in [0.3, 0.4) is 0 Å². The van der Waals surface area contributed by atoms with Crippen LogP contribution in [0, 0.1) is 0 Å². The fraction of sp³-hybridized carbons (Fsp3) is 0.773. The Kier molecular flexibility index (Phi) is 37.1. The molecule has 0 atom stereocenters. The maximum absolute atomic E-state index is 12.6. The van der Waals surface area contributed by atoms with Gasteiger partial charge in [0.25, 0.3) is 0 Å². The van der Waals surface area contributed by atoms with Gasteiger partial charge in [-0.05, 0) is 64.2 Å². The highest BCUT2D eigenvalue weighted by Gasteiger charge is 2.12. The van der Waals surface area contributed by atoms with Gasteiger partial charge in [-0.3, -0.25) is 14.4 Å². The van der Waals surface area contributed by atoms with Crippen LogP contribution in [0.25, 0.3) is 0 Å². The maximum Gasteiger partial charge on any atom is 0.328 e. The molecule has 3 N–H and O–H groups in total. The second-order valence-corrected chi connectivity index (χ2v) is 14.4. The van der Waals surface area contributed by atoms with Crippen LogP contribution in [0.15, 0.2) is 36.5 Å². The maximum atomic E-state index is 12.6. The highest BCUT2D eigenvalue weighted by atomic mass is 16.4. The van der Waals surface area contributed by atoms with Crippen molar-refractivity contribution in [2.24, 2.45) is 0 Å². The van der Waals surface area contributed by atoms with E-state index in [1.165, 1.54) is 120 Å². The Balaban J connectivity index is 4.02. The predicted molar refractivity (Wildman–Crippen MR) is 218 cm³/mol. The monoisotopic (exact) mass is 730 g/mol. The molecule has 0 aliphatic rings. The number of nitrogens with one attached hydrogen (secondary N) is 2. The third-order valence-corrected chi connectivity index (χ3v) is 9.42. The number of carboxylic acid groups (broad SMARTS) is 1. The summed E-state index contributed by atoms with van der Waals surface area (Å²) in [5, 5.41) is 14.7. The molecule has 8 heteroatoms. The molecule has 8 nitrogen and oxygen atoms in total. The van der Waals surface area contributed by atoms with Crippen LogP contribution >= 0.6 is 0 Å². The smallest absolute Gasteiger partial charge is 0.328 e. The topological polar surface area (TPSA) is 116 Å². The Hall–Kier alpha value is -2.90. The van der Waals surface area contributed by atoms with Gasteiger partial charge in [0.1, 0.15) is 0 Å². The molecule has 0 heterocycles. The molecular formula is C44H79N3O5. The van der Waals surface area contributed by atoms with Crippen molar-refractivity contribution in [3.8, 4) is 0 Å². The van der Waals surface area contributed by atoms with Gasteiger partial charge < -0.3 is 20.6 Å². The van der Waals surface area contributed by atoms with E-state index >= 15 is 0 Å². The first kappa shape index (κ1) is 49.1. The summed E-state index contributed by atoms with van der Waals surface area (Å²) in [5.41, 5.74) is 0. The number of carbonyl (C=O) groups excluding carboxylic acids is 3. The number of nitrogens with zero attached hydrogens (tertiary/aromatic N) is 1. The molecule has 0 radical (unpaired) electrons. The molecule has 3 amide bonds. The predicted octanol–water partition coefficient (Wildman–Crippen LogP) is 10.8. The molecule has 0 aromatic rings. The first-order chi connectivity index (χ1) is 25.4. The van der Waals surface area contributed by atoms with E-state index < -0.39 is 11.9 Å². The number of allylic oxidation sites excluding steroid dienone is 4. The van der Waals surface area contributed by atoms with Gasteiger partial charge in [-0.25, -0.2) is 4.79 Å². The average Bonchev–Trinajstić information content (AvgIpc) is 3.13. The first-order valence-electron chi connectivity index (χ1n) is 21.4. The molecule has 0 aromatic carbocycles. The van der Waals surface area contributed by atoms with Crippen molar-refractivity contribution >= 4 is 23.7 Å². The zero-order valence-electron chi connectivity index (χ0n) is 33.6. The van der Waals surface area contributed by atoms with E-state index in [1.54, 1.807) is 0 Å². The lowest BCUT2D eigenvalue weighted by Gasteiger charge is -2.21. The summed E-state index contributed by atoms with van der Waals surface area (Å²) in [5.74, 6) is -1.74. The van der Waals surface area contributed by atoms with Gasteiger partial charge in [-0.2, -0.15) is 0 Å². The summed E-state index contributed by atoms with van der Waals surface area (Å²) in [4.78, 5) is 49.7. The zero-order chi connectivity index (χ0) is 38.2. The van der Waals surface area contributed by atoms with Gasteiger partial charge in [0.05, 0.1) is 0 Å². The highest BCUT2D eigenvalue weighted by molar-refractivity contribution is 5.94. The molecule has 52 heavy (non-hydrogen) atoms. The van der Waals surface area contributed by atoms with E-state index in [9.17, 15) is 19.2 Å². The van der Waals surface area contributed by atoms with Crippen molar-refractivity contribution in [2.75, 3.05) is 26.2 Å². The molecule has 0 saturated heterocycles. The lowest BCUT2D eigenvalue weighted by atomic mass is 10.1. The fourth-order valence-electron chi connectivity index (χ4n) is 6.13. The normalized spacial score (nSPS) is 11.6. The van der Waals surface area contributed by atoms with Crippen LogP contribution in [-0.2, 0) is 19.2 Å². The average molecular weight is 730 g/mol. The quantitative estimate of drug-likeness (QED) is 0.0332. The number of rotatable bonds is 38. The third-order valence-electron chi connectivity index (χ3n) is 9.42. The lowest BCUT2D eigenvalue weighted by Crippen LogP contribution is -2.42. The molecule has 0 saturated carbocycles. The van der Waals surface area contributed by atoms with Crippen LogP contribution in [0.5, 0.6) is 0 Å². The third kappa shape index (κ3) is 36.9. The summed E-state index contributed by atoms with van der Waals surface area (Å²) in [6.07, 6.45) is 43.5. The molecule has 0 fully saturated rings. The number of unbranched alkanes of at least 4 members (excludes halogenated alkanes) is 22. The van der Waals surface area contributed by atoms with Crippen molar-refractivity contribution in [3.63, 3.8) is 0 Å². The Morgan fingerprint density at radius 3 is 1.13 bits per heavy atom. The molecule has 0 bridgehead atoms. The Bertz CT molecular complexity index is 904. The first-order valence-corrected chi connectivity index (χ1v) is 21.4. The minimum atomic E-state index is -1.20. The number of hydrogen-bond acceptors (Lipinski definition) is 4. The van der Waals surface area contributed by atoms with Crippen LogP contribution in [0.1, 0.15) is 194 Å². The minimum Gasteiger partial charge on any atom is -0.478 e. The summed E-state index contributed by atoms with van der Waals surface area (Å²) >= 11 is 0. The SMILES string of the molecule is CCCCCCCCC=CCCCCCCCC(=O)NCCN(CCNC(=O)CCCCCCCC=CCCCCCCCC)C(=O)C=CC(=O)O. The van der Waals surface area contributed by atoms with Gasteiger partial charge in [-0.1, -0.05) is 141 Å². The number of aliphatic carboxylic acids is 1. The summed E-state index contributed by atoms with van der Waals surface area (Å²) in [6.45, 7) is 5.54. The van der Waals surface area contributed by atoms with E-state index in [4.69, 9.17) is 5.11 Å². The minimum absolute atomic E-state index is 0.0423. The van der Waals surface area contributed by atoms with Crippen molar-refractivity contribution in [2.45, 2.75) is 194 Å². The van der Waals surface area contributed by atoms with Crippen molar-refractivity contribution in [1.29, 1.82) is 0 Å². The molecular weight excluding hydrogens is 651 g/mol. The number of carboxylic acids is 1. The molecule has 300 valence electrons. The van der Waals surface area contributed by atoms with Crippen molar-refractivity contribution in [3.05, 3.63) is 36.5 Å². The highest BCUT2D eigenvalue weighted by Crippen LogP contribution is 2.11. The van der Waals surface area contributed by atoms with Crippen LogP contribution in [0.4, 0.5) is 0 Å². The van der Waals surface area contributed by atoms with Crippen LogP contribution < -0.4 is 10.6 Å². The zero-order valence-corrected chi connectivity index (χ0v) is 33.6. The summed E-state index contributed by atoms with van der Waals surface area (Å²) < 4.78 is 0. The molecule has 0 aliphatic carbocycles. The summed E-state index contributed by atoms with van der Waals surface area (Å²) in [7, 11) is 0. The number of hydrogen-bond donors (Lipinski definition) is 3. The largest absolute Gasteiger partial charge is 0.478 e. The Morgan fingerprint density at radius 2 is 0.788 bits per heavy atom. The Labute approximate surface area is 319 Å². The number of carbonyl (C=O) groups is 4. The van der Waals surface area contributed by atoms with Crippen molar-refractivity contribution in [1.82, 2.24) is 15.5 Å². The van der Waals surface area contributed by atoms with Crippen LogP contribution in [-0.4, -0.2) is 59.9 Å². The Morgan fingerprint density at radius 1 is 0.462 bits per heavy atom. The van der Waals surface area contributed by atoms with E-state index in [-0.39, 0.29) is 38.0 Å². The van der Waals surface area contributed by atoms with Crippen LogP contribution in [0.2, 0.25) is 0 Å². The van der Waals surface area contributed by atoms with E-state index in [0.717, 1.165) is 63.5 Å². The standard InChI is InChI=1S/C44H79N3O5/c1-3-5-7-9-11-13-15-17-19-21-23-25-27-29-31-33-41(48)45-37-39-47(43(50)35-36-44(51)52)40-38-46-42(49)34-32-30-28-26-24-22-20-18-16-14-12-10-8-6-4-2/h17-20,35-36H,3-16,21-34,37-40H2,1-2H3,(H,45,48)(H,46,49)(H,51,52). The van der Waals surface area contributed by atoms with E-state index in [0.29, 0.717) is 12.8 Å². The van der Waals surface area contributed by atoms with E-state index in [2.05, 4.69) is 48.8 Å². The molecule has 0 rings (SSSR count). The summed E-state index contributed by atoms with van der Waals surface area (Å²) in [6, 6.07) is 0. The molecule has 0 spiro atoms. The number of amides is 3. The van der Waals surface area contributed by atoms with E-state index in [1.807, 2.05) is 0 Å². The molecule has 0 aliphatic heterocycles. The van der Waals surface area contributed by atoms with Crippen molar-refractivity contribution < 1.29 is 24.3 Å². The van der Waals surface area contributed by atoms with Gasteiger partial charge >= 0.3 is 5.97 Å². The molecule has 0 unspecified atom stereocenters. The van der Waals surface area contributed by atoms with Gasteiger partial charge in [-0.15, -0.1) is 0 Å².